The second-order valence-electron chi connectivity index (χ2n) is 7.30. The van der Waals surface area contributed by atoms with Gasteiger partial charge in [-0.05, 0) is 43.0 Å². The Morgan fingerprint density at radius 2 is 1.78 bits per heavy atom. The molecule has 0 aromatic heterocycles. The van der Waals surface area contributed by atoms with Crippen molar-refractivity contribution in [2.45, 2.75) is 19.3 Å². The first-order valence-corrected chi connectivity index (χ1v) is 9.56. The number of carbonyl (C=O) groups is 2. The van der Waals surface area contributed by atoms with Gasteiger partial charge in [0.25, 0.3) is 0 Å². The van der Waals surface area contributed by atoms with E-state index in [1.54, 1.807) is 0 Å². The van der Waals surface area contributed by atoms with Crippen molar-refractivity contribution in [3.8, 4) is 5.75 Å². The average molecular weight is 364 g/mol. The van der Waals surface area contributed by atoms with E-state index in [0.29, 0.717) is 26.1 Å². The quantitative estimate of drug-likeness (QED) is 0.910. The van der Waals surface area contributed by atoms with Gasteiger partial charge in [0.05, 0.1) is 11.8 Å². The summed E-state index contributed by atoms with van der Waals surface area (Å²) in [5, 5.41) is 2.96. The number of anilines is 1. The van der Waals surface area contributed by atoms with Crippen molar-refractivity contribution < 1.29 is 14.3 Å². The van der Waals surface area contributed by atoms with Gasteiger partial charge in [0.15, 0.2) is 0 Å². The zero-order chi connectivity index (χ0) is 18.6. The van der Waals surface area contributed by atoms with Crippen LogP contribution in [0.3, 0.4) is 0 Å². The van der Waals surface area contributed by atoms with Gasteiger partial charge in [-0.3, -0.25) is 9.59 Å². The Kier molecular flexibility index (Phi) is 5.10. The summed E-state index contributed by atoms with van der Waals surface area (Å²) in [6.45, 7) is 1.61. The maximum Gasteiger partial charge on any atom is 0.229 e. The highest BCUT2D eigenvalue weighted by Crippen LogP contribution is 2.29. The Labute approximate surface area is 159 Å². The standard InChI is InChI=1S/C22H24N2O3/c25-21(23-19-9-2-1-3-10-19)17-8-6-12-24(14-17)22(26)18-13-16-7-4-5-11-20(16)27-15-18/h1-5,7,9-11,17-18H,6,8,12-15H2,(H,23,25). The number of fused-ring (bicyclic) bond motifs is 1. The normalized spacial score (nSPS) is 21.7. The smallest absolute Gasteiger partial charge is 0.229 e. The molecule has 1 N–H and O–H groups in total. The molecule has 2 amide bonds. The van der Waals surface area contributed by atoms with Crippen LogP contribution in [0.5, 0.6) is 5.75 Å². The molecule has 2 aromatic carbocycles. The molecule has 1 fully saturated rings. The van der Waals surface area contributed by atoms with Crippen molar-refractivity contribution in [1.82, 2.24) is 4.90 Å². The fourth-order valence-electron chi connectivity index (χ4n) is 3.90. The first-order chi connectivity index (χ1) is 13.2. The zero-order valence-electron chi connectivity index (χ0n) is 15.3. The van der Waals surface area contributed by atoms with E-state index in [2.05, 4.69) is 5.32 Å². The Balaban J connectivity index is 1.38. The number of nitrogens with zero attached hydrogens (tertiary/aromatic N) is 1. The number of ether oxygens (including phenoxy) is 1. The summed E-state index contributed by atoms with van der Waals surface area (Å²) in [6, 6.07) is 17.3. The summed E-state index contributed by atoms with van der Waals surface area (Å²) in [5.74, 6) is 0.626. The number of carbonyl (C=O) groups excluding carboxylic acids is 2. The van der Waals surface area contributed by atoms with Gasteiger partial charge < -0.3 is 15.0 Å². The van der Waals surface area contributed by atoms with Gasteiger partial charge in [-0.2, -0.15) is 0 Å². The Bertz CT molecular complexity index is 821. The summed E-state index contributed by atoms with van der Waals surface area (Å²) in [5.41, 5.74) is 1.88. The lowest BCUT2D eigenvalue weighted by molar-refractivity contribution is -0.139. The summed E-state index contributed by atoms with van der Waals surface area (Å²) in [4.78, 5) is 27.5. The van der Waals surface area contributed by atoms with Gasteiger partial charge in [-0.15, -0.1) is 0 Å². The molecule has 2 atom stereocenters. The number of amides is 2. The summed E-state index contributed by atoms with van der Waals surface area (Å²) >= 11 is 0. The van der Waals surface area contributed by atoms with Crippen LogP contribution in [0.15, 0.2) is 54.6 Å². The fourth-order valence-corrected chi connectivity index (χ4v) is 3.90. The highest BCUT2D eigenvalue weighted by Gasteiger charge is 2.34. The zero-order valence-corrected chi connectivity index (χ0v) is 15.3. The maximum absolute atomic E-state index is 13.0. The Morgan fingerprint density at radius 1 is 1.00 bits per heavy atom. The van der Waals surface area contributed by atoms with Crippen LogP contribution in [0.2, 0.25) is 0 Å². The van der Waals surface area contributed by atoms with Crippen molar-refractivity contribution in [1.29, 1.82) is 0 Å². The number of para-hydroxylation sites is 2. The molecule has 0 spiro atoms. The lowest BCUT2D eigenvalue weighted by Crippen LogP contribution is -2.47. The van der Waals surface area contributed by atoms with Crippen molar-refractivity contribution in [3.63, 3.8) is 0 Å². The van der Waals surface area contributed by atoms with Crippen molar-refractivity contribution in [3.05, 3.63) is 60.2 Å². The van der Waals surface area contributed by atoms with E-state index in [1.165, 1.54) is 0 Å². The van der Waals surface area contributed by atoms with Crippen LogP contribution in [0.4, 0.5) is 5.69 Å². The van der Waals surface area contributed by atoms with Crippen molar-refractivity contribution in [2.75, 3.05) is 25.0 Å². The lowest BCUT2D eigenvalue weighted by atomic mass is 9.92. The molecular formula is C22H24N2O3. The van der Waals surface area contributed by atoms with E-state index in [-0.39, 0.29) is 23.7 Å². The molecule has 5 heteroatoms. The predicted octanol–water partition coefficient (Wildman–Crippen LogP) is 3.12. The third-order valence-corrected chi connectivity index (χ3v) is 5.37. The highest BCUT2D eigenvalue weighted by molar-refractivity contribution is 5.93. The van der Waals surface area contributed by atoms with Crippen molar-refractivity contribution >= 4 is 17.5 Å². The van der Waals surface area contributed by atoms with E-state index in [0.717, 1.165) is 29.8 Å². The average Bonchev–Trinajstić information content (AvgIpc) is 2.73. The molecule has 0 bridgehead atoms. The van der Waals surface area contributed by atoms with Gasteiger partial charge in [-0.1, -0.05) is 36.4 Å². The molecule has 4 rings (SSSR count). The first kappa shape index (κ1) is 17.6. The van der Waals surface area contributed by atoms with Crippen LogP contribution < -0.4 is 10.1 Å². The summed E-state index contributed by atoms with van der Waals surface area (Å²) in [6.07, 6.45) is 2.36. The van der Waals surface area contributed by atoms with Crippen LogP contribution in [-0.2, 0) is 16.0 Å². The molecule has 140 valence electrons. The number of hydrogen-bond acceptors (Lipinski definition) is 3. The Hall–Kier alpha value is -2.82. The van der Waals surface area contributed by atoms with Crippen LogP contribution in [0, 0.1) is 11.8 Å². The summed E-state index contributed by atoms with van der Waals surface area (Å²) in [7, 11) is 0. The SMILES string of the molecule is O=C(Nc1ccccc1)C1CCCN(C(=O)C2COc3ccccc3C2)C1. The monoisotopic (exact) mass is 364 g/mol. The van der Waals surface area contributed by atoms with Gasteiger partial charge in [0, 0.05) is 18.8 Å². The van der Waals surface area contributed by atoms with E-state index < -0.39 is 0 Å². The Morgan fingerprint density at radius 3 is 2.63 bits per heavy atom. The highest BCUT2D eigenvalue weighted by atomic mass is 16.5. The second-order valence-corrected chi connectivity index (χ2v) is 7.30. The van der Waals surface area contributed by atoms with Crippen LogP contribution in [0.1, 0.15) is 18.4 Å². The second kappa shape index (κ2) is 7.82. The molecule has 2 heterocycles. The number of nitrogens with one attached hydrogen (secondary N) is 1. The van der Waals surface area contributed by atoms with Crippen LogP contribution >= 0.6 is 0 Å². The van der Waals surface area contributed by atoms with E-state index in [4.69, 9.17) is 4.74 Å². The minimum Gasteiger partial charge on any atom is -0.492 e. The number of hydrogen-bond donors (Lipinski definition) is 1. The molecule has 1 saturated heterocycles. The molecule has 27 heavy (non-hydrogen) atoms. The molecular weight excluding hydrogens is 340 g/mol. The maximum atomic E-state index is 13.0. The number of piperidine rings is 1. The minimum atomic E-state index is -0.171. The van der Waals surface area contributed by atoms with E-state index >= 15 is 0 Å². The van der Waals surface area contributed by atoms with Crippen molar-refractivity contribution in [2.24, 2.45) is 11.8 Å². The van der Waals surface area contributed by atoms with Gasteiger partial charge in [-0.25, -0.2) is 0 Å². The molecule has 0 radical (unpaired) electrons. The summed E-state index contributed by atoms with van der Waals surface area (Å²) < 4.78 is 5.77. The molecule has 2 aliphatic rings. The molecule has 2 aliphatic heterocycles. The van der Waals surface area contributed by atoms with Crippen LogP contribution in [-0.4, -0.2) is 36.4 Å². The largest absolute Gasteiger partial charge is 0.492 e. The van der Waals surface area contributed by atoms with E-state index in [1.807, 2.05) is 59.5 Å². The molecule has 2 unspecified atom stereocenters. The number of likely N-dealkylation sites (tertiary alicyclic amines) is 1. The van der Waals surface area contributed by atoms with E-state index in [9.17, 15) is 9.59 Å². The molecule has 2 aromatic rings. The van der Waals surface area contributed by atoms with Crippen LogP contribution in [0.25, 0.3) is 0 Å². The number of rotatable bonds is 3. The lowest BCUT2D eigenvalue weighted by Gasteiger charge is -2.35. The van der Waals surface area contributed by atoms with Gasteiger partial charge in [0.2, 0.25) is 11.8 Å². The van der Waals surface area contributed by atoms with Gasteiger partial charge >= 0.3 is 0 Å². The first-order valence-electron chi connectivity index (χ1n) is 9.56. The molecule has 5 nitrogen and oxygen atoms in total. The topological polar surface area (TPSA) is 58.6 Å². The molecule has 0 aliphatic carbocycles. The number of benzene rings is 2. The third kappa shape index (κ3) is 3.97. The molecule has 0 saturated carbocycles. The minimum absolute atomic E-state index is 0.0102. The third-order valence-electron chi connectivity index (χ3n) is 5.37. The predicted molar refractivity (Wildman–Crippen MR) is 104 cm³/mol. The fraction of sp³-hybridized carbons (Fsp3) is 0.364. The van der Waals surface area contributed by atoms with Gasteiger partial charge in [0.1, 0.15) is 12.4 Å².